The molecular formula is C23H48N2O8. The average molecular weight is 481 g/mol. The topological polar surface area (TPSA) is 164 Å². The molecule has 0 bridgehead atoms. The van der Waals surface area contributed by atoms with Gasteiger partial charge in [0, 0.05) is 20.1 Å². The number of carbonyl (C=O) groups excluding carboxylic acids is 2. The van der Waals surface area contributed by atoms with Gasteiger partial charge in [-0.3, -0.25) is 19.2 Å². The average Bonchev–Trinajstić information content (AvgIpc) is 2.56. The highest BCUT2D eigenvalue weighted by Crippen LogP contribution is 2.11. The lowest BCUT2D eigenvalue weighted by Crippen LogP contribution is -2.32. The number of hydrogen-bond acceptors (Lipinski definition) is 6. The zero-order valence-corrected chi connectivity index (χ0v) is 22.2. The van der Waals surface area contributed by atoms with Crippen molar-refractivity contribution in [1.29, 1.82) is 0 Å². The number of aliphatic hydroxyl groups is 2. The Morgan fingerprint density at radius 2 is 1.12 bits per heavy atom. The van der Waals surface area contributed by atoms with Crippen LogP contribution >= 0.6 is 0 Å². The van der Waals surface area contributed by atoms with Crippen LogP contribution in [0, 0.1) is 23.7 Å². The Morgan fingerprint density at radius 3 is 1.30 bits per heavy atom. The number of nitrogens with zero attached hydrogens (tertiary/aromatic N) is 1. The van der Waals surface area contributed by atoms with E-state index >= 15 is 0 Å². The number of carbonyl (C=O) groups is 4. The molecule has 0 aliphatic rings. The number of nitrogens with one attached hydrogen (secondary N) is 1. The highest BCUT2D eigenvalue weighted by Gasteiger charge is 2.22. The number of aliphatic carboxylic acids is 2. The van der Waals surface area contributed by atoms with Crippen LogP contribution in [-0.2, 0) is 19.2 Å². The monoisotopic (exact) mass is 480 g/mol. The Bertz CT molecular complexity index is 514. The molecule has 33 heavy (non-hydrogen) atoms. The number of carboxylic acid groups (broad SMARTS) is 2. The summed E-state index contributed by atoms with van der Waals surface area (Å²) in [5.41, 5.74) is -1.00. The first kappa shape index (κ1) is 38.1. The zero-order valence-electron chi connectivity index (χ0n) is 22.2. The van der Waals surface area contributed by atoms with Gasteiger partial charge >= 0.3 is 11.9 Å². The lowest BCUT2D eigenvalue weighted by atomic mass is 9.96. The summed E-state index contributed by atoms with van der Waals surface area (Å²) in [4.78, 5) is 42.6. The van der Waals surface area contributed by atoms with Crippen molar-refractivity contribution in [2.45, 2.75) is 80.4 Å². The molecule has 198 valence electrons. The Labute approximate surface area is 199 Å². The maximum Gasteiger partial charge on any atom is 0.308 e. The van der Waals surface area contributed by atoms with E-state index in [1.807, 2.05) is 27.7 Å². The van der Waals surface area contributed by atoms with E-state index in [9.17, 15) is 19.2 Å². The molecule has 0 saturated heterocycles. The Morgan fingerprint density at radius 1 is 0.818 bits per heavy atom. The summed E-state index contributed by atoms with van der Waals surface area (Å²) >= 11 is 0. The largest absolute Gasteiger partial charge is 0.481 e. The van der Waals surface area contributed by atoms with Crippen LogP contribution in [0.25, 0.3) is 0 Å². The predicted molar refractivity (Wildman–Crippen MR) is 129 cm³/mol. The van der Waals surface area contributed by atoms with Gasteiger partial charge in [-0.05, 0) is 53.4 Å². The summed E-state index contributed by atoms with van der Waals surface area (Å²) in [6, 6.07) is 0. The number of hydrogen-bond donors (Lipinski definition) is 5. The third-order valence-corrected chi connectivity index (χ3v) is 3.33. The van der Waals surface area contributed by atoms with Crippen LogP contribution in [0.1, 0.15) is 69.2 Å². The van der Waals surface area contributed by atoms with Gasteiger partial charge in [-0.2, -0.15) is 0 Å². The van der Waals surface area contributed by atoms with Crippen molar-refractivity contribution >= 4 is 24.8 Å². The van der Waals surface area contributed by atoms with E-state index < -0.39 is 35.0 Å². The van der Waals surface area contributed by atoms with Crippen molar-refractivity contribution in [2.24, 2.45) is 23.7 Å². The minimum Gasteiger partial charge on any atom is -0.481 e. The minimum atomic E-state index is -0.866. The van der Waals surface area contributed by atoms with Gasteiger partial charge in [0.05, 0.1) is 23.0 Å². The van der Waals surface area contributed by atoms with Gasteiger partial charge in [0.1, 0.15) is 0 Å². The van der Waals surface area contributed by atoms with Gasteiger partial charge in [-0.15, -0.1) is 0 Å². The Balaban J connectivity index is -0.000000183. The van der Waals surface area contributed by atoms with E-state index in [0.717, 1.165) is 0 Å². The second kappa shape index (κ2) is 19.3. The van der Waals surface area contributed by atoms with Gasteiger partial charge in [-0.1, -0.05) is 27.7 Å². The van der Waals surface area contributed by atoms with Crippen LogP contribution < -0.4 is 5.32 Å². The lowest BCUT2D eigenvalue weighted by molar-refractivity contribution is -0.145. The van der Waals surface area contributed by atoms with Crippen molar-refractivity contribution < 1.29 is 39.6 Å². The standard InChI is InChI=1S/C8H15NO3.C7H13NO3.2C4H10O/c1-6(2)7(8(11)12)4-9(3)5-10;1-5(2)6(7(10)11)3-8-4-9;2*1-4(2,3)5/h5-7H,4H2,1-3H3,(H,11,12);4-6H,3H2,1-2H3,(H,8,9)(H,10,11);2*5H,1-3H3/t7-;6-;;/m11../s1. The summed E-state index contributed by atoms with van der Waals surface area (Å²) in [7, 11) is 1.57. The van der Waals surface area contributed by atoms with Crippen LogP contribution in [0.2, 0.25) is 0 Å². The molecule has 0 unspecified atom stereocenters. The molecule has 5 N–H and O–H groups in total. The van der Waals surface area contributed by atoms with Crippen molar-refractivity contribution in [3.05, 3.63) is 0 Å². The van der Waals surface area contributed by atoms with E-state index in [1.165, 1.54) is 4.90 Å². The molecule has 0 heterocycles. The van der Waals surface area contributed by atoms with E-state index in [2.05, 4.69) is 5.32 Å². The van der Waals surface area contributed by atoms with Gasteiger partial charge < -0.3 is 30.6 Å². The molecule has 0 spiro atoms. The minimum absolute atomic E-state index is 0.0416. The lowest BCUT2D eigenvalue weighted by Gasteiger charge is -2.20. The summed E-state index contributed by atoms with van der Waals surface area (Å²) in [5.74, 6) is -2.58. The van der Waals surface area contributed by atoms with E-state index in [4.69, 9.17) is 20.4 Å². The predicted octanol–water partition coefficient (Wildman–Crippen LogP) is 2.08. The molecule has 2 atom stereocenters. The summed E-state index contributed by atoms with van der Waals surface area (Å²) < 4.78 is 0. The molecule has 0 aliphatic carbocycles. The van der Waals surface area contributed by atoms with Gasteiger partial charge in [0.15, 0.2) is 0 Å². The van der Waals surface area contributed by atoms with Crippen LogP contribution in [0.3, 0.4) is 0 Å². The molecule has 10 nitrogen and oxygen atoms in total. The highest BCUT2D eigenvalue weighted by molar-refractivity contribution is 5.71. The second-order valence-electron chi connectivity index (χ2n) is 10.3. The number of amides is 2. The van der Waals surface area contributed by atoms with Crippen molar-refractivity contribution in [1.82, 2.24) is 10.2 Å². The molecule has 0 aromatic carbocycles. The Hall–Kier alpha value is -2.20. The molecule has 0 radical (unpaired) electrons. The van der Waals surface area contributed by atoms with Crippen LogP contribution in [0.4, 0.5) is 0 Å². The van der Waals surface area contributed by atoms with Crippen LogP contribution in [0.15, 0.2) is 0 Å². The highest BCUT2D eigenvalue weighted by atomic mass is 16.4. The normalized spacial score (nSPS) is 12.5. The van der Waals surface area contributed by atoms with Gasteiger partial charge in [0.2, 0.25) is 12.8 Å². The SMILES string of the molecule is CC(C)(C)O.CC(C)(C)O.CC(C)[C@@H](CN(C)C=O)C(=O)O.CC(C)[C@@H](CNC=O)C(=O)O. The molecule has 0 fully saturated rings. The molecular weight excluding hydrogens is 432 g/mol. The fraction of sp³-hybridized carbons (Fsp3) is 0.826. The molecule has 0 saturated carbocycles. The third kappa shape index (κ3) is 40.7. The molecule has 0 aromatic rings. The van der Waals surface area contributed by atoms with Crippen molar-refractivity contribution in [2.75, 3.05) is 20.1 Å². The molecule has 0 aromatic heterocycles. The van der Waals surface area contributed by atoms with Gasteiger partial charge in [0.25, 0.3) is 0 Å². The van der Waals surface area contributed by atoms with Crippen molar-refractivity contribution in [3.8, 4) is 0 Å². The first-order chi connectivity index (χ1) is 14.6. The maximum atomic E-state index is 10.6. The molecule has 0 rings (SSSR count). The van der Waals surface area contributed by atoms with Crippen LogP contribution in [-0.4, -0.2) is 81.4 Å². The quantitative estimate of drug-likeness (QED) is 0.296. The maximum absolute atomic E-state index is 10.6. The molecule has 2 amide bonds. The summed E-state index contributed by atoms with van der Waals surface area (Å²) in [5, 5.41) is 36.8. The summed E-state index contributed by atoms with van der Waals surface area (Å²) in [6.07, 6.45) is 1.15. The van der Waals surface area contributed by atoms with Crippen LogP contribution in [0.5, 0.6) is 0 Å². The molecule has 0 aliphatic heterocycles. The third-order valence-electron chi connectivity index (χ3n) is 3.33. The fourth-order valence-corrected chi connectivity index (χ4v) is 1.71. The second-order valence-corrected chi connectivity index (χ2v) is 10.3. The zero-order chi connectivity index (χ0) is 27.6. The van der Waals surface area contributed by atoms with Gasteiger partial charge in [-0.25, -0.2) is 0 Å². The number of rotatable bonds is 10. The van der Waals surface area contributed by atoms with E-state index in [0.29, 0.717) is 12.8 Å². The van der Waals surface area contributed by atoms with Crippen molar-refractivity contribution in [3.63, 3.8) is 0 Å². The first-order valence-electron chi connectivity index (χ1n) is 10.8. The number of carboxylic acids is 2. The smallest absolute Gasteiger partial charge is 0.308 e. The first-order valence-corrected chi connectivity index (χ1v) is 10.8. The van der Waals surface area contributed by atoms with E-state index in [-0.39, 0.29) is 24.9 Å². The van der Waals surface area contributed by atoms with E-state index in [1.54, 1.807) is 48.6 Å². The Kier molecular flexibility index (Phi) is 22.3. The molecule has 10 heteroatoms. The fourth-order valence-electron chi connectivity index (χ4n) is 1.71. The summed E-state index contributed by atoms with van der Waals surface area (Å²) in [6.45, 7) is 18.2.